The summed E-state index contributed by atoms with van der Waals surface area (Å²) < 4.78 is 0. The van der Waals surface area contributed by atoms with Crippen molar-refractivity contribution in [2.75, 3.05) is 19.6 Å². The van der Waals surface area contributed by atoms with E-state index >= 15 is 0 Å². The summed E-state index contributed by atoms with van der Waals surface area (Å²) in [5.74, 6) is 1.31. The van der Waals surface area contributed by atoms with Crippen molar-refractivity contribution in [1.29, 1.82) is 0 Å². The van der Waals surface area contributed by atoms with Crippen LogP contribution in [0.25, 0.3) is 0 Å². The molecule has 162 valence electrons. The summed E-state index contributed by atoms with van der Waals surface area (Å²) in [6.07, 6.45) is 8.98. The second-order valence-corrected chi connectivity index (χ2v) is 10.2. The van der Waals surface area contributed by atoms with Crippen LogP contribution in [0.15, 0.2) is 24.3 Å². The lowest BCUT2D eigenvalue weighted by Gasteiger charge is -2.34. The molecule has 2 amide bonds. The maximum atomic E-state index is 13.5. The van der Waals surface area contributed by atoms with Crippen LogP contribution in [0.4, 0.5) is 0 Å². The van der Waals surface area contributed by atoms with Gasteiger partial charge in [-0.2, -0.15) is 0 Å². The van der Waals surface area contributed by atoms with Crippen LogP contribution in [-0.4, -0.2) is 59.4 Å². The number of hydrogen-bond donors (Lipinski definition) is 1. The summed E-state index contributed by atoms with van der Waals surface area (Å²) in [5, 5.41) is 3.86. The van der Waals surface area contributed by atoms with Crippen molar-refractivity contribution in [3.05, 3.63) is 34.9 Å². The van der Waals surface area contributed by atoms with Gasteiger partial charge in [-0.25, -0.2) is 0 Å². The van der Waals surface area contributed by atoms with Crippen LogP contribution in [0.1, 0.15) is 61.7 Å². The molecule has 1 aromatic rings. The Balaban J connectivity index is 1.30. The lowest BCUT2D eigenvalue weighted by atomic mass is 9.84. The van der Waals surface area contributed by atoms with E-state index in [9.17, 15) is 9.59 Å². The van der Waals surface area contributed by atoms with Crippen LogP contribution in [0, 0.1) is 11.8 Å². The molecule has 1 N–H and O–H groups in total. The number of fused-ring (bicyclic) bond motifs is 1. The van der Waals surface area contributed by atoms with Gasteiger partial charge in [-0.3, -0.25) is 9.59 Å². The van der Waals surface area contributed by atoms with Crippen LogP contribution < -0.4 is 5.32 Å². The van der Waals surface area contributed by atoms with Gasteiger partial charge in [-0.1, -0.05) is 30.5 Å². The SMILES string of the molecule is O=C(NC1CCN(CC2CC2)C1)C1CC2CCCCC2N1C(=O)c1cccc(Cl)c1. The number of rotatable bonds is 5. The smallest absolute Gasteiger partial charge is 0.254 e. The second kappa shape index (κ2) is 8.51. The normalized spacial score (nSPS) is 31.6. The third-order valence-electron chi connectivity index (χ3n) is 7.53. The van der Waals surface area contributed by atoms with Crippen LogP contribution in [0.2, 0.25) is 5.02 Å². The van der Waals surface area contributed by atoms with Crippen molar-refractivity contribution in [2.45, 2.75) is 69.5 Å². The van der Waals surface area contributed by atoms with Gasteiger partial charge in [0.25, 0.3) is 5.91 Å². The van der Waals surface area contributed by atoms with E-state index in [2.05, 4.69) is 10.2 Å². The number of carbonyl (C=O) groups excluding carboxylic acids is 2. The Labute approximate surface area is 184 Å². The lowest BCUT2D eigenvalue weighted by Crippen LogP contribution is -2.51. The molecule has 2 heterocycles. The fourth-order valence-electron chi connectivity index (χ4n) is 5.84. The number of benzene rings is 1. The van der Waals surface area contributed by atoms with Gasteiger partial charge < -0.3 is 15.1 Å². The summed E-state index contributed by atoms with van der Waals surface area (Å²) in [4.78, 5) is 31.2. The van der Waals surface area contributed by atoms with Crippen LogP contribution >= 0.6 is 11.6 Å². The van der Waals surface area contributed by atoms with Gasteiger partial charge in [0.05, 0.1) is 0 Å². The van der Waals surface area contributed by atoms with E-state index in [1.165, 1.54) is 25.8 Å². The Bertz CT molecular complexity index is 811. The third-order valence-corrected chi connectivity index (χ3v) is 7.76. The van der Waals surface area contributed by atoms with E-state index in [0.717, 1.165) is 51.1 Å². The average molecular weight is 430 g/mol. The Kier molecular flexibility index (Phi) is 5.76. The zero-order valence-corrected chi connectivity index (χ0v) is 18.3. The van der Waals surface area contributed by atoms with Gasteiger partial charge in [-0.05, 0) is 68.6 Å². The van der Waals surface area contributed by atoms with Crippen molar-refractivity contribution in [1.82, 2.24) is 15.1 Å². The number of nitrogens with zero attached hydrogens (tertiary/aromatic N) is 2. The molecule has 0 spiro atoms. The first-order valence-corrected chi connectivity index (χ1v) is 12.1. The van der Waals surface area contributed by atoms with E-state index in [1.54, 1.807) is 12.1 Å². The Morgan fingerprint density at radius 1 is 1.10 bits per heavy atom. The molecule has 2 saturated carbocycles. The molecule has 4 unspecified atom stereocenters. The summed E-state index contributed by atoms with van der Waals surface area (Å²) in [6.45, 7) is 3.20. The molecule has 30 heavy (non-hydrogen) atoms. The summed E-state index contributed by atoms with van der Waals surface area (Å²) in [6, 6.07) is 7.16. The quantitative estimate of drug-likeness (QED) is 0.776. The Hall–Kier alpha value is -1.59. The van der Waals surface area contributed by atoms with Crippen molar-refractivity contribution in [3.63, 3.8) is 0 Å². The van der Waals surface area contributed by atoms with Crippen LogP contribution in [0.5, 0.6) is 0 Å². The highest BCUT2D eigenvalue weighted by Crippen LogP contribution is 2.41. The minimum atomic E-state index is -0.359. The first-order valence-electron chi connectivity index (χ1n) is 11.7. The molecule has 2 aliphatic carbocycles. The first kappa shape index (κ1) is 20.3. The number of carbonyl (C=O) groups is 2. The minimum Gasteiger partial charge on any atom is -0.350 e. The first-order chi connectivity index (χ1) is 14.6. The highest BCUT2D eigenvalue weighted by atomic mass is 35.5. The topological polar surface area (TPSA) is 52.7 Å². The predicted octanol–water partition coefficient (Wildman–Crippen LogP) is 3.71. The van der Waals surface area contributed by atoms with Crippen molar-refractivity contribution in [3.8, 4) is 0 Å². The highest BCUT2D eigenvalue weighted by Gasteiger charge is 2.48. The third kappa shape index (κ3) is 4.24. The molecule has 0 aromatic heterocycles. The molecule has 0 bridgehead atoms. The molecule has 0 radical (unpaired) electrons. The van der Waals surface area contributed by atoms with E-state index in [4.69, 9.17) is 11.6 Å². The molecule has 4 aliphatic rings. The van der Waals surface area contributed by atoms with Crippen LogP contribution in [-0.2, 0) is 4.79 Å². The fraction of sp³-hybridized carbons (Fsp3) is 0.667. The summed E-state index contributed by atoms with van der Waals surface area (Å²) in [5.41, 5.74) is 0.586. The van der Waals surface area contributed by atoms with E-state index in [1.807, 2.05) is 17.0 Å². The number of nitrogens with one attached hydrogen (secondary N) is 1. The van der Waals surface area contributed by atoms with Gasteiger partial charge in [0.15, 0.2) is 0 Å². The molecule has 5 rings (SSSR count). The maximum absolute atomic E-state index is 13.5. The lowest BCUT2D eigenvalue weighted by molar-refractivity contribution is -0.125. The van der Waals surface area contributed by atoms with Crippen LogP contribution in [0.3, 0.4) is 0 Å². The van der Waals surface area contributed by atoms with E-state index in [0.29, 0.717) is 16.5 Å². The van der Waals surface area contributed by atoms with E-state index < -0.39 is 0 Å². The van der Waals surface area contributed by atoms with Gasteiger partial charge in [0, 0.05) is 42.3 Å². The minimum absolute atomic E-state index is 0.0399. The molecular weight excluding hydrogens is 398 g/mol. The molecule has 6 heteroatoms. The molecule has 4 fully saturated rings. The Morgan fingerprint density at radius 3 is 2.73 bits per heavy atom. The second-order valence-electron chi connectivity index (χ2n) is 9.78. The van der Waals surface area contributed by atoms with Gasteiger partial charge in [0.2, 0.25) is 5.91 Å². The summed E-state index contributed by atoms with van der Waals surface area (Å²) in [7, 11) is 0. The molecule has 5 nitrogen and oxygen atoms in total. The monoisotopic (exact) mass is 429 g/mol. The molecule has 4 atom stereocenters. The molecule has 2 aliphatic heterocycles. The fourth-order valence-corrected chi connectivity index (χ4v) is 6.03. The molecular formula is C24H32ClN3O2. The number of likely N-dealkylation sites (tertiary alicyclic amines) is 2. The molecule has 1 aromatic carbocycles. The zero-order chi connectivity index (χ0) is 20.7. The van der Waals surface area contributed by atoms with Crippen molar-refractivity contribution >= 4 is 23.4 Å². The van der Waals surface area contributed by atoms with Crippen molar-refractivity contribution in [2.24, 2.45) is 11.8 Å². The molecule has 2 saturated heterocycles. The van der Waals surface area contributed by atoms with Crippen molar-refractivity contribution < 1.29 is 9.59 Å². The summed E-state index contributed by atoms with van der Waals surface area (Å²) >= 11 is 6.14. The zero-order valence-electron chi connectivity index (χ0n) is 17.6. The van der Waals surface area contributed by atoms with Gasteiger partial charge >= 0.3 is 0 Å². The maximum Gasteiger partial charge on any atom is 0.254 e. The number of amides is 2. The standard InChI is InChI=1S/C24H32ClN3O2/c25-19-6-3-5-18(12-19)24(30)28-21-7-2-1-4-17(21)13-22(28)23(29)26-20-10-11-27(15-20)14-16-8-9-16/h3,5-6,12,16-17,20-22H,1-2,4,7-11,13-15H2,(H,26,29). The highest BCUT2D eigenvalue weighted by molar-refractivity contribution is 6.31. The number of hydrogen-bond acceptors (Lipinski definition) is 3. The number of halogens is 1. The van der Waals surface area contributed by atoms with E-state index in [-0.39, 0.29) is 29.9 Å². The van der Waals surface area contributed by atoms with Gasteiger partial charge in [0.1, 0.15) is 6.04 Å². The Morgan fingerprint density at radius 2 is 1.93 bits per heavy atom. The van der Waals surface area contributed by atoms with Gasteiger partial charge in [-0.15, -0.1) is 0 Å². The largest absolute Gasteiger partial charge is 0.350 e. The average Bonchev–Trinajstić information content (AvgIpc) is 3.30. The predicted molar refractivity (Wildman–Crippen MR) is 117 cm³/mol.